The molecule has 0 aliphatic rings. The van der Waals surface area contributed by atoms with Crippen LogP contribution in [0.1, 0.15) is 0 Å². The third-order valence-electron chi connectivity index (χ3n) is 3.39. The van der Waals surface area contributed by atoms with E-state index in [0.29, 0.717) is 0 Å². The molecule has 0 spiro atoms. The molecule has 0 saturated heterocycles. The van der Waals surface area contributed by atoms with Crippen LogP contribution >= 0.6 is 0 Å². The Kier molecular flexibility index (Phi) is 19.1. The van der Waals surface area contributed by atoms with E-state index < -0.39 is 66.6 Å². The van der Waals surface area contributed by atoms with Crippen LogP contribution in [0.3, 0.4) is 0 Å². The fraction of sp³-hybridized carbons (Fsp3) is 1.00. The van der Waals surface area contributed by atoms with Crippen LogP contribution in [0.5, 0.6) is 0 Å². The van der Waals surface area contributed by atoms with Gasteiger partial charge in [-0.25, -0.2) is 9.71 Å². The molecule has 0 aliphatic heterocycles. The molecule has 0 saturated carbocycles. The zero-order chi connectivity index (χ0) is 27.1. The van der Waals surface area contributed by atoms with Gasteiger partial charge in [-0.05, 0) is 0 Å². The molecule has 24 radical (unpaired) electrons. The zero-order valence-electron chi connectivity index (χ0n) is 19.1. The van der Waals surface area contributed by atoms with Crippen molar-refractivity contribution in [2.24, 2.45) is 10.2 Å². The van der Waals surface area contributed by atoms with Crippen molar-refractivity contribution in [1.82, 2.24) is 47.9 Å². The lowest BCUT2D eigenvalue weighted by atomic mass is 9.77. The SMILES string of the molecule is [B]C([B])NC(N=NC(F)NC(NC(NC([B])[B])NC([B])[B])NC(NC([B])[B])NC([B])[B])NC([B])[B]. The van der Waals surface area contributed by atoms with E-state index in [9.17, 15) is 4.39 Å². The molecule has 0 aromatic rings. The van der Waals surface area contributed by atoms with Gasteiger partial charge >= 0.3 is 0 Å². The Morgan fingerprint density at radius 1 is 0.371 bits per heavy atom. The van der Waals surface area contributed by atoms with E-state index >= 15 is 0 Å². The minimum Gasteiger partial charge on any atom is -0.304 e. The van der Waals surface area contributed by atoms with Gasteiger partial charge in [0, 0.05) is 0 Å². The Morgan fingerprint density at radius 3 is 0.943 bits per heavy atom. The highest BCUT2D eigenvalue weighted by Gasteiger charge is 2.23. The molecule has 162 valence electrons. The van der Waals surface area contributed by atoms with Crippen molar-refractivity contribution in [1.29, 1.82) is 0 Å². The highest BCUT2D eigenvalue weighted by molar-refractivity contribution is 6.37. The number of azo groups is 1. The molecular weight excluding hydrogens is 435 g/mol. The molecule has 0 aliphatic carbocycles. The van der Waals surface area contributed by atoms with Crippen LogP contribution < -0.4 is 47.9 Å². The van der Waals surface area contributed by atoms with Gasteiger partial charge in [0.1, 0.15) is 18.9 Å². The van der Waals surface area contributed by atoms with Crippen LogP contribution in [0.15, 0.2) is 10.2 Å². The summed E-state index contributed by atoms with van der Waals surface area (Å²) in [5, 5.41) is 30.9. The van der Waals surface area contributed by atoms with Gasteiger partial charge in [0.05, 0.1) is 94.2 Å². The third-order valence-corrected chi connectivity index (χ3v) is 3.39. The standard InChI is InChI=1S/C11H20B12FN11/c12-1(13)25-8(26-2(14)15)32-10(33-9(27-3(16)17)28-4(18)19)31-7(24)34-35-11(29-5(20)21)30-6(22)23/h1-11,25-33H. The number of nitrogens with one attached hydrogen (secondary N) is 9. The second-order valence-electron chi connectivity index (χ2n) is 6.92. The van der Waals surface area contributed by atoms with Crippen molar-refractivity contribution in [3.8, 4) is 0 Å². The number of alkyl halides is 1. The van der Waals surface area contributed by atoms with E-state index in [1.807, 2.05) is 0 Å². The maximum absolute atomic E-state index is 14.7. The van der Waals surface area contributed by atoms with Crippen molar-refractivity contribution in [2.75, 3.05) is 0 Å². The summed E-state index contributed by atoms with van der Waals surface area (Å²) in [7, 11) is 66.1. The summed E-state index contributed by atoms with van der Waals surface area (Å²) in [6.45, 7) is 0. The fourth-order valence-corrected chi connectivity index (χ4v) is 2.31. The number of rotatable bonds is 20. The third kappa shape index (κ3) is 20.7. The molecule has 11 nitrogen and oxygen atoms in total. The van der Waals surface area contributed by atoms with Gasteiger partial charge in [-0.3, -0.25) is 21.3 Å². The molecule has 0 bridgehead atoms. The monoisotopic (exact) mass is 457 g/mol. The van der Waals surface area contributed by atoms with Crippen LogP contribution in [0.25, 0.3) is 0 Å². The number of hydrogen-bond acceptors (Lipinski definition) is 11. The van der Waals surface area contributed by atoms with Crippen LogP contribution in [0, 0.1) is 0 Å². The Balaban J connectivity index is 5.60. The van der Waals surface area contributed by atoms with E-state index in [1.165, 1.54) is 0 Å². The van der Waals surface area contributed by atoms with Crippen molar-refractivity contribution in [2.45, 2.75) is 66.6 Å². The summed E-state index contributed by atoms with van der Waals surface area (Å²) < 4.78 is 14.7. The van der Waals surface area contributed by atoms with Crippen LogP contribution in [0.2, 0.25) is 0 Å². The lowest BCUT2D eigenvalue weighted by Gasteiger charge is -2.35. The quantitative estimate of drug-likeness (QED) is 0.0380. The molecule has 1 atom stereocenters. The average molecular weight is 455 g/mol. The van der Waals surface area contributed by atoms with Gasteiger partial charge in [-0.1, -0.05) is 35.0 Å². The predicted molar refractivity (Wildman–Crippen MR) is 145 cm³/mol. The predicted octanol–water partition coefficient (Wildman–Crippen LogP) is -9.14. The van der Waals surface area contributed by atoms with Gasteiger partial charge in [0.25, 0.3) is 6.42 Å². The molecule has 0 aromatic heterocycles. The molecule has 0 heterocycles. The molecule has 35 heavy (non-hydrogen) atoms. The summed E-state index contributed by atoms with van der Waals surface area (Å²) in [5.41, 5.74) is 0. The van der Waals surface area contributed by atoms with Crippen molar-refractivity contribution in [3.05, 3.63) is 0 Å². The van der Waals surface area contributed by atoms with E-state index in [2.05, 4.69) is 58.1 Å². The van der Waals surface area contributed by atoms with E-state index in [0.717, 1.165) is 0 Å². The highest BCUT2D eigenvalue weighted by atomic mass is 19.1. The highest BCUT2D eigenvalue weighted by Crippen LogP contribution is 1.96. The largest absolute Gasteiger partial charge is 0.304 e. The smallest absolute Gasteiger partial charge is 0.265 e. The van der Waals surface area contributed by atoms with Gasteiger partial charge < -0.3 is 21.3 Å². The first kappa shape index (κ1) is 34.9. The van der Waals surface area contributed by atoms with Gasteiger partial charge in [-0.15, -0.1) is 5.11 Å². The first-order valence-electron chi connectivity index (χ1n) is 10.1. The van der Waals surface area contributed by atoms with Crippen LogP contribution in [0.4, 0.5) is 4.39 Å². The second-order valence-corrected chi connectivity index (χ2v) is 6.92. The normalized spacial score (nSPS) is 14.0. The first-order valence-corrected chi connectivity index (χ1v) is 10.1. The molecule has 24 heteroatoms. The molecule has 0 fully saturated rings. The Morgan fingerprint density at radius 2 is 0.657 bits per heavy atom. The number of nitrogens with zero attached hydrogens (tertiary/aromatic N) is 2. The van der Waals surface area contributed by atoms with E-state index in [4.69, 9.17) is 94.2 Å². The maximum atomic E-state index is 14.7. The van der Waals surface area contributed by atoms with E-state index in [-0.39, 0.29) is 0 Å². The maximum Gasteiger partial charge on any atom is 0.265 e. The molecular formula is C11H20B12FN11. The number of hydrogen-bond donors (Lipinski definition) is 9. The summed E-state index contributed by atoms with van der Waals surface area (Å²) in [6, 6.07) is 0. The lowest BCUT2D eigenvalue weighted by molar-refractivity contribution is 0.157. The summed E-state index contributed by atoms with van der Waals surface area (Å²) >= 11 is 0. The lowest BCUT2D eigenvalue weighted by Crippen LogP contribution is -2.72. The Bertz CT molecular complexity index is 511. The van der Waals surface area contributed by atoms with Gasteiger partial charge in [0.2, 0.25) is 0 Å². The Labute approximate surface area is 223 Å². The van der Waals surface area contributed by atoms with Crippen LogP contribution in [-0.2, 0) is 0 Å². The summed E-state index contributed by atoms with van der Waals surface area (Å²) in [6.07, 6.45) is -6.39. The van der Waals surface area contributed by atoms with Crippen LogP contribution in [-0.4, -0.2) is 161 Å². The van der Waals surface area contributed by atoms with Gasteiger partial charge in [-0.2, -0.15) is 5.11 Å². The summed E-state index contributed by atoms with van der Waals surface area (Å²) in [5.74, 6) is -6.18. The number of halogens is 1. The molecule has 9 N–H and O–H groups in total. The minimum absolute atomic E-state index is 0.968. The topological polar surface area (TPSA) is 133 Å². The molecule has 0 rings (SSSR count). The molecule has 1 unspecified atom stereocenters. The first-order chi connectivity index (χ1) is 16.2. The average Bonchev–Trinajstić information content (AvgIpc) is 2.62. The second kappa shape index (κ2) is 19.1. The minimum atomic E-state index is -2.15. The van der Waals surface area contributed by atoms with E-state index in [1.54, 1.807) is 0 Å². The van der Waals surface area contributed by atoms with Crippen molar-refractivity contribution < 1.29 is 4.39 Å². The fourth-order valence-electron chi connectivity index (χ4n) is 2.31. The van der Waals surface area contributed by atoms with Crippen molar-refractivity contribution >= 4 is 94.2 Å². The van der Waals surface area contributed by atoms with Gasteiger partial charge in [0.15, 0.2) is 6.29 Å². The Hall–Kier alpha value is -0.0508. The zero-order valence-corrected chi connectivity index (χ0v) is 19.1. The molecule has 0 aromatic carbocycles. The summed E-state index contributed by atoms with van der Waals surface area (Å²) in [4.78, 5) is 0. The molecule has 0 amide bonds. The van der Waals surface area contributed by atoms with Crippen molar-refractivity contribution in [3.63, 3.8) is 0 Å².